The fraction of sp³-hybridized carbons (Fsp3) is 0.263. The van der Waals surface area contributed by atoms with Crippen molar-refractivity contribution in [3.8, 4) is 0 Å². The van der Waals surface area contributed by atoms with Crippen LogP contribution < -0.4 is 0 Å². The van der Waals surface area contributed by atoms with Gasteiger partial charge < -0.3 is 9.47 Å². The van der Waals surface area contributed by atoms with Gasteiger partial charge in [0.05, 0.1) is 17.7 Å². The highest BCUT2D eigenvalue weighted by atomic mass is 19.1. The van der Waals surface area contributed by atoms with Crippen LogP contribution in [0.2, 0.25) is 0 Å². The highest BCUT2D eigenvalue weighted by Crippen LogP contribution is 2.14. The van der Waals surface area contributed by atoms with E-state index in [0.29, 0.717) is 12.2 Å². The van der Waals surface area contributed by atoms with Crippen molar-refractivity contribution >= 4 is 11.9 Å². The van der Waals surface area contributed by atoms with Crippen molar-refractivity contribution in [2.75, 3.05) is 6.61 Å². The Morgan fingerprint density at radius 3 is 2.08 bits per heavy atom. The molecule has 0 atom stereocenters. The molecular weight excluding hydrogens is 311 g/mol. The van der Waals surface area contributed by atoms with Crippen LogP contribution in [0.25, 0.3) is 0 Å². The number of carbonyl (C=O) groups is 2. The Balaban J connectivity index is 2.03. The van der Waals surface area contributed by atoms with Crippen LogP contribution in [0.1, 0.15) is 46.0 Å². The number of carbonyl (C=O) groups excluding carboxylic acids is 2. The fourth-order valence-corrected chi connectivity index (χ4v) is 2.03. The van der Waals surface area contributed by atoms with Gasteiger partial charge in [-0.3, -0.25) is 0 Å². The second kappa shape index (κ2) is 8.82. The summed E-state index contributed by atoms with van der Waals surface area (Å²) in [5, 5.41) is 0. The fourth-order valence-electron chi connectivity index (χ4n) is 2.03. The Labute approximate surface area is 140 Å². The number of hydrogen-bond acceptors (Lipinski definition) is 4. The summed E-state index contributed by atoms with van der Waals surface area (Å²) < 4.78 is 23.2. The highest BCUT2D eigenvalue weighted by Gasteiger charge is 2.18. The van der Waals surface area contributed by atoms with Gasteiger partial charge in [0.2, 0.25) is 0 Å². The maximum Gasteiger partial charge on any atom is 0.339 e. The molecule has 0 saturated heterocycles. The molecule has 2 aromatic carbocycles. The van der Waals surface area contributed by atoms with Crippen LogP contribution in [0.3, 0.4) is 0 Å². The van der Waals surface area contributed by atoms with E-state index in [1.54, 1.807) is 12.1 Å². The van der Waals surface area contributed by atoms with Crippen LogP contribution in [0.4, 0.5) is 4.39 Å². The van der Waals surface area contributed by atoms with E-state index in [9.17, 15) is 14.0 Å². The molecule has 0 aliphatic carbocycles. The SMILES string of the molecule is CCCCOC(=O)c1ccccc1C(=O)OCc1ccc(F)cc1. The first-order valence-corrected chi connectivity index (χ1v) is 7.79. The van der Waals surface area contributed by atoms with E-state index in [-0.39, 0.29) is 23.6 Å². The van der Waals surface area contributed by atoms with E-state index < -0.39 is 11.9 Å². The average Bonchev–Trinajstić information content (AvgIpc) is 2.61. The molecule has 2 rings (SSSR count). The monoisotopic (exact) mass is 330 g/mol. The van der Waals surface area contributed by atoms with E-state index in [4.69, 9.17) is 9.47 Å². The smallest absolute Gasteiger partial charge is 0.339 e. The zero-order chi connectivity index (χ0) is 17.4. The van der Waals surface area contributed by atoms with Crippen molar-refractivity contribution in [3.05, 3.63) is 71.0 Å². The molecule has 0 radical (unpaired) electrons. The molecule has 5 heteroatoms. The van der Waals surface area contributed by atoms with Gasteiger partial charge in [-0.2, -0.15) is 0 Å². The third kappa shape index (κ3) is 4.91. The van der Waals surface area contributed by atoms with Crippen LogP contribution >= 0.6 is 0 Å². The van der Waals surface area contributed by atoms with Crippen LogP contribution in [0.5, 0.6) is 0 Å². The normalized spacial score (nSPS) is 10.2. The largest absolute Gasteiger partial charge is 0.462 e. The van der Waals surface area contributed by atoms with Gasteiger partial charge in [0, 0.05) is 0 Å². The molecule has 0 bridgehead atoms. The number of unbranched alkanes of at least 4 members (excludes halogenated alkanes) is 1. The van der Waals surface area contributed by atoms with E-state index >= 15 is 0 Å². The molecular formula is C19H19FO4. The molecule has 0 unspecified atom stereocenters. The lowest BCUT2D eigenvalue weighted by Crippen LogP contribution is -2.14. The van der Waals surface area contributed by atoms with Crippen molar-refractivity contribution in [2.45, 2.75) is 26.4 Å². The van der Waals surface area contributed by atoms with E-state index in [1.165, 1.54) is 36.4 Å². The van der Waals surface area contributed by atoms with Gasteiger partial charge in [-0.1, -0.05) is 37.6 Å². The molecule has 0 spiro atoms. The third-order valence-corrected chi connectivity index (χ3v) is 3.38. The Bertz CT molecular complexity index is 695. The number of ether oxygens (including phenoxy) is 2. The molecule has 24 heavy (non-hydrogen) atoms. The molecule has 0 heterocycles. The van der Waals surface area contributed by atoms with Crippen LogP contribution in [-0.4, -0.2) is 18.5 Å². The predicted molar refractivity (Wildman–Crippen MR) is 87.2 cm³/mol. The van der Waals surface area contributed by atoms with Crippen LogP contribution in [0, 0.1) is 5.82 Å². The zero-order valence-corrected chi connectivity index (χ0v) is 13.5. The van der Waals surface area contributed by atoms with E-state index in [1.807, 2.05) is 6.92 Å². The minimum atomic E-state index is -0.623. The van der Waals surface area contributed by atoms with Gasteiger partial charge >= 0.3 is 11.9 Å². The van der Waals surface area contributed by atoms with Gasteiger partial charge in [0.25, 0.3) is 0 Å². The molecule has 4 nitrogen and oxygen atoms in total. The summed E-state index contributed by atoms with van der Waals surface area (Å²) >= 11 is 0. The molecule has 0 saturated carbocycles. The number of halogens is 1. The first kappa shape index (κ1) is 17.7. The maximum atomic E-state index is 12.9. The van der Waals surface area contributed by atoms with Crippen LogP contribution in [0.15, 0.2) is 48.5 Å². The topological polar surface area (TPSA) is 52.6 Å². The number of rotatable bonds is 7. The Morgan fingerprint density at radius 2 is 1.50 bits per heavy atom. The van der Waals surface area contributed by atoms with Gasteiger partial charge in [-0.25, -0.2) is 14.0 Å². The quantitative estimate of drug-likeness (QED) is 0.565. The molecule has 0 N–H and O–H groups in total. The van der Waals surface area contributed by atoms with Crippen LogP contribution in [-0.2, 0) is 16.1 Å². The molecule has 2 aromatic rings. The molecule has 0 aliphatic rings. The second-order valence-corrected chi connectivity index (χ2v) is 5.24. The minimum absolute atomic E-state index is 0.00166. The minimum Gasteiger partial charge on any atom is -0.462 e. The number of esters is 2. The molecule has 126 valence electrons. The van der Waals surface area contributed by atoms with Crippen molar-refractivity contribution in [2.24, 2.45) is 0 Å². The second-order valence-electron chi connectivity index (χ2n) is 5.24. The van der Waals surface area contributed by atoms with Gasteiger partial charge in [0.15, 0.2) is 0 Å². The molecule has 0 aliphatic heterocycles. The summed E-state index contributed by atoms with van der Waals surface area (Å²) in [6, 6.07) is 12.0. The summed E-state index contributed by atoms with van der Waals surface area (Å²) in [5.41, 5.74) is 0.992. The summed E-state index contributed by atoms with van der Waals surface area (Å²) in [4.78, 5) is 24.3. The first-order valence-electron chi connectivity index (χ1n) is 7.79. The van der Waals surface area contributed by atoms with Gasteiger partial charge in [-0.15, -0.1) is 0 Å². The van der Waals surface area contributed by atoms with E-state index in [0.717, 1.165) is 12.8 Å². The summed E-state index contributed by atoms with van der Waals surface area (Å²) in [6.07, 6.45) is 1.68. The summed E-state index contributed by atoms with van der Waals surface area (Å²) in [7, 11) is 0. The Morgan fingerprint density at radius 1 is 0.917 bits per heavy atom. The third-order valence-electron chi connectivity index (χ3n) is 3.38. The predicted octanol–water partition coefficient (Wildman–Crippen LogP) is 4.14. The molecule has 0 aromatic heterocycles. The Kier molecular flexibility index (Phi) is 6.49. The number of hydrogen-bond donors (Lipinski definition) is 0. The van der Waals surface area contributed by atoms with Gasteiger partial charge in [0.1, 0.15) is 12.4 Å². The maximum absolute atomic E-state index is 12.9. The first-order chi connectivity index (χ1) is 11.6. The average molecular weight is 330 g/mol. The summed E-state index contributed by atoms with van der Waals surface area (Å²) in [5.74, 6) is -1.52. The van der Waals surface area contributed by atoms with Gasteiger partial charge in [-0.05, 0) is 36.2 Å². The standard InChI is InChI=1S/C19H19FO4/c1-2-3-12-23-18(21)16-6-4-5-7-17(16)19(22)24-13-14-8-10-15(20)11-9-14/h4-11H,2-3,12-13H2,1H3. The Hall–Kier alpha value is -2.69. The summed E-state index contributed by atoms with van der Waals surface area (Å²) in [6.45, 7) is 2.31. The molecule has 0 fully saturated rings. The van der Waals surface area contributed by atoms with Crippen molar-refractivity contribution < 1.29 is 23.5 Å². The zero-order valence-electron chi connectivity index (χ0n) is 13.5. The lowest BCUT2D eigenvalue weighted by Gasteiger charge is -2.09. The molecule has 0 amide bonds. The lowest BCUT2D eigenvalue weighted by molar-refractivity contribution is 0.0437. The lowest BCUT2D eigenvalue weighted by atomic mass is 10.1. The number of benzene rings is 2. The van der Waals surface area contributed by atoms with Crippen molar-refractivity contribution in [1.29, 1.82) is 0 Å². The van der Waals surface area contributed by atoms with Crippen molar-refractivity contribution in [3.63, 3.8) is 0 Å². The van der Waals surface area contributed by atoms with Crippen molar-refractivity contribution in [1.82, 2.24) is 0 Å². The van der Waals surface area contributed by atoms with E-state index in [2.05, 4.69) is 0 Å². The highest BCUT2D eigenvalue weighted by molar-refractivity contribution is 6.03.